The number of ether oxygens (including phenoxy) is 1. The van der Waals surface area contributed by atoms with Crippen molar-refractivity contribution in [2.45, 2.75) is 17.1 Å². The van der Waals surface area contributed by atoms with Gasteiger partial charge in [0.15, 0.2) is 5.13 Å². The molecule has 6 rings (SSSR count). The number of amides is 3. The molecule has 1 aromatic heterocycles. The van der Waals surface area contributed by atoms with Gasteiger partial charge in [-0.3, -0.25) is 14.4 Å². The molecule has 0 spiro atoms. The van der Waals surface area contributed by atoms with E-state index in [-0.39, 0.29) is 11.6 Å². The van der Waals surface area contributed by atoms with Crippen molar-refractivity contribution in [3.63, 3.8) is 0 Å². The predicted octanol–water partition coefficient (Wildman–Crippen LogP) is 8.50. The molecule has 0 aliphatic heterocycles. The topological polar surface area (TPSA) is 109 Å². The summed E-state index contributed by atoms with van der Waals surface area (Å²) in [5.74, 6) is -0.401. The lowest BCUT2D eigenvalue weighted by Gasteiger charge is -2.17. The van der Waals surface area contributed by atoms with E-state index in [1.165, 1.54) is 23.1 Å². The fraction of sp³-hybridized carbons (Fsp3) is 0.0769. The average molecular weight is 685 g/mol. The number of nitrogens with zero attached hydrogens (tertiary/aromatic N) is 1. The summed E-state index contributed by atoms with van der Waals surface area (Å²) in [5.41, 5.74) is 4.37. The van der Waals surface area contributed by atoms with Crippen molar-refractivity contribution >= 4 is 67.9 Å². The van der Waals surface area contributed by atoms with Crippen molar-refractivity contribution in [2.24, 2.45) is 0 Å². The average Bonchev–Trinajstić information content (AvgIpc) is 3.53. The molecule has 0 radical (unpaired) electrons. The van der Waals surface area contributed by atoms with E-state index in [0.717, 1.165) is 37.6 Å². The molecule has 0 bridgehead atoms. The number of aromatic nitrogens is 1. The summed E-state index contributed by atoms with van der Waals surface area (Å²) in [6.07, 6.45) is 1.66. The first kappa shape index (κ1) is 33.2. The van der Waals surface area contributed by atoms with Crippen molar-refractivity contribution in [3.05, 3.63) is 155 Å². The highest BCUT2D eigenvalue weighted by Gasteiger charge is 2.24. The number of thioether (sulfide) groups is 1. The smallest absolute Gasteiger partial charge is 0.272 e. The van der Waals surface area contributed by atoms with Gasteiger partial charge in [-0.05, 0) is 78.2 Å². The molecule has 10 heteroatoms. The van der Waals surface area contributed by atoms with Crippen LogP contribution in [0.2, 0.25) is 0 Å². The summed E-state index contributed by atoms with van der Waals surface area (Å²) in [4.78, 5) is 45.9. The monoisotopic (exact) mass is 684 g/mol. The Labute approximate surface area is 292 Å². The largest absolute Gasteiger partial charge is 0.497 e. The molecule has 3 amide bonds. The minimum absolute atomic E-state index is 0.0937. The van der Waals surface area contributed by atoms with Crippen LogP contribution >= 0.6 is 23.1 Å². The highest BCUT2D eigenvalue weighted by Crippen LogP contribution is 2.38. The number of hydrogen-bond donors (Lipinski definition) is 3. The van der Waals surface area contributed by atoms with E-state index in [1.807, 2.05) is 97.9 Å². The maximum absolute atomic E-state index is 13.8. The van der Waals surface area contributed by atoms with Gasteiger partial charge in [0.05, 0.1) is 17.3 Å². The number of anilines is 2. The first-order valence-corrected chi connectivity index (χ1v) is 17.1. The Morgan fingerprint density at radius 1 is 0.816 bits per heavy atom. The molecule has 6 aromatic rings. The molecule has 8 nitrogen and oxygen atoms in total. The normalized spacial score (nSPS) is 11.8. The Bertz CT molecular complexity index is 2150. The summed E-state index contributed by atoms with van der Waals surface area (Å²) >= 11 is 2.73. The quantitative estimate of drug-likeness (QED) is 0.0933. The SMILES string of the molecule is COc1ccc2nc(NC(=O)C(Sc3cccc(NC(=O)/C(=C/c4ccccc4C)NC(=O)c4ccccc4)c3)c3ccccc3)sc2c1. The number of fused-ring (bicyclic) bond motifs is 1. The third-order valence-electron chi connectivity index (χ3n) is 7.53. The highest BCUT2D eigenvalue weighted by atomic mass is 32.2. The summed E-state index contributed by atoms with van der Waals surface area (Å²) in [6.45, 7) is 1.94. The zero-order valence-electron chi connectivity index (χ0n) is 26.7. The van der Waals surface area contributed by atoms with Crippen molar-refractivity contribution in [2.75, 3.05) is 17.7 Å². The van der Waals surface area contributed by atoms with Crippen LogP contribution in [0, 0.1) is 6.92 Å². The van der Waals surface area contributed by atoms with Gasteiger partial charge < -0.3 is 20.7 Å². The van der Waals surface area contributed by atoms with Crippen LogP contribution in [0.25, 0.3) is 16.3 Å². The minimum atomic E-state index is -0.615. The maximum Gasteiger partial charge on any atom is 0.272 e. The van der Waals surface area contributed by atoms with E-state index in [9.17, 15) is 14.4 Å². The predicted molar refractivity (Wildman–Crippen MR) is 198 cm³/mol. The van der Waals surface area contributed by atoms with Crippen molar-refractivity contribution in [1.82, 2.24) is 10.3 Å². The standard InChI is InChI=1S/C39H32N4O4S2/c1-25-12-9-10-17-28(25)22-33(41-36(44)27-15-7-4-8-16-27)37(45)40-29-18-11-19-31(23-29)48-35(26-13-5-3-6-14-26)38(46)43-39-42-32-21-20-30(47-2)24-34(32)49-39/h3-24,35H,1-2H3,(H,40,45)(H,41,44)(H,42,43,46)/b33-22-. The van der Waals surface area contributed by atoms with Crippen LogP contribution in [0.5, 0.6) is 5.75 Å². The van der Waals surface area contributed by atoms with Crippen LogP contribution in [0.4, 0.5) is 10.8 Å². The Hall–Kier alpha value is -5.71. The first-order valence-electron chi connectivity index (χ1n) is 15.4. The minimum Gasteiger partial charge on any atom is -0.497 e. The second-order valence-corrected chi connectivity index (χ2v) is 13.2. The number of methoxy groups -OCH3 is 1. The molecule has 0 saturated heterocycles. The van der Waals surface area contributed by atoms with Gasteiger partial charge in [0.1, 0.15) is 16.7 Å². The summed E-state index contributed by atoms with van der Waals surface area (Å²) in [5, 5.41) is 8.59. The summed E-state index contributed by atoms with van der Waals surface area (Å²) < 4.78 is 6.23. The lowest BCUT2D eigenvalue weighted by Crippen LogP contribution is -2.30. The number of thiazole rings is 1. The van der Waals surface area contributed by atoms with Crippen LogP contribution in [0.1, 0.15) is 32.3 Å². The van der Waals surface area contributed by atoms with Crippen molar-refractivity contribution < 1.29 is 19.1 Å². The third kappa shape index (κ3) is 8.42. The van der Waals surface area contributed by atoms with Gasteiger partial charge in [-0.25, -0.2) is 4.98 Å². The number of hydrogen-bond acceptors (Lipinski definition) is 7. The van der Waals surface area contributed by atoms with Crippen molar-refractivity contribution in [3.8, 4) is 5.75 Å². The van der Waals surface area contributed by atoms with Gasteiger partial charge in [0.2, 0.25) is 5.91 Å². The van der Waals surface area contributed by atoms with Gasteiger partial charge >= 0.3 is 0 Å². The molecule has 5 aromatic carbocycles. The summed E-state index contributed by atoms with van der Waals surface area (Å²) in [6, 6.07) is 38.7. The van der Waals surface area contributed by atoms with E-state index in [0.29, 0.717) is 16.4 Å². The zero-order valence-corrected chi connectivity index (χ0v) is 28.3. The number of rotatable bonds is 11. The number of benzene rings is 5. The fourth-order valence-electron chi connectivity index (χ4n) is 4.99. The van der Waals surface area contributed by atoms with Gasteiger partial charge in [0.25, 0.3) is 11.8 Å². The van der Waals surface area contributed by atoms with Gasteiger partial charge in [-0.2, -0.15) is 0 Å². The summed E-state index contributed by atoms with van der Waals surface area (Å²) in [7, 11) is 1.61. The Kier molecular flexibility index (Phi) is 10.5. The molecule has 1 atom stereocenters. The molecular weight excluding hydrogens is 653 g/mol. The molecule has 244 valence electrons. The van der Waals surface area contributed by atoms with E-state index < -0.39 is 17.1 Å². The van der Waals surface area contributed by atoms with Crippen molar-refractivity contribution in [1.29, 1.82) is 0 Å². The number of carbonyl (C=O) groups is 3. The number of nitrogens with one attached hydrogen (secondary N) is 3. The van der Waals surface area contributed by atoms with E-state index in [4.69, 9.17) is 4.74 Å². The van der Waals surface area contributed by atoms with E-state index in [1.54, 1.807) is 49.6 Å². The molecular formula is C39H32N4O4S2. The number of aryl methyl sites for hydroxylation is 1. The molecule has 0 aliphatic carbocycles. The molecule has 1 heterocycles. The molecule has 0 fully saturated rings. The van der Waals surface area contributed by atoms with Gasteiger partial charge in [-0.1, -0.05) is 90.2 Å². The second-order valence-electron chi connectivity index (χ2n) is 11.0. The van der Waals surface area contributed by atoms with Crippen LogP contribution in [0.15, 0.2) is 138 Å². The highest BCUT2D eigenvalue weighted by molar-refractivity contribution is 8.00. The Morgan fingerprint density at radius 2 is 1.55 bits per heavy atom. The van der Waals surface area contributed by atoms with Crippen LogP contribution in [-0.2, 0) is 9.59 Å². The second kappa shape index (κ2) is 15.5. The van der Waals surface area contributed by atoms with Crippen LogP contribution < -0.4 is 20.7 Å². The molecule has 1 unspecified atom stereocenters. The first-order chi connectivity index (χ1) is 23.9. The van der Waals surface area contributed by atoms with E-state index in [2.05, 4.69) is 20.9 Å². The zero-order chi connectivity index (χ0) is 34.2. The van der Waals surface area contributed by atoms with Gasteiger partial charge in [0, 0.05) is 16.1 Å². The molecule has 3 N–H and O–H groups in total. The molecule has 49 heavy (non-hydrogen) atoms. The Morgan fingerprint density at radius 3 is 2.31 bits per heavy atom. The van der Waals surface area contributed by atoms with E-state index >= 15 is 0 Å². The van der Waals surface area contributed by atoms with Crippen LogP contribution in [0.3, 0.4) is 0 Å². The molecule has 0 saturated carbocycles. The fourth-order valence-corrected chi connectivity index (χ4v) is 6.97. The Balaban J connectivity index is 1.23. The lowest BCUT2D eigenvalue weighted by molar-refractivity contribution is -0.116. The third-order valence-corrected chi connectivity index (χ3v) is 9.71. The molecule has 0 aliphatic rings. The lowest BCUT2D eigenvalue weighted by atomic mass is 10.1. The number of carbonyl (C=O) groups excluding carboxylic acids is 3. The van der Waals surface area contributed by atoms with Crippen LogP contribution in [-0.4, -0.2) is 29.8 Å². The van der Waals surface area contributed by atoms with Gasteiger partial charge in [-0.15, -0.1) is 11.8 Å². The maximum atomic E-state index is 13.8.